The molecule has 0 spiro atoms. The van der Waals surface area contributed by atoms with Crippen molar-refractivity contribution in [3.8, 4) is 0 Å². The zero-order valence-corrected chi connectivity index (χ0v) is 10.1. The van der Waals surface area contributed by atoms with Gasteiger partial charge in [0.15, 0.2) is 0 Å². The van der Waals surface area contributed by atoms with Crippen molar-refractivity contribution < 1.29 is 4.42 Å². The fraction of sp³-hybridized carbons (Fsp3) is 0.214. The quantitative estimate of drug-likeness (QED) is 0.553. The van der Waals surface area contributed by atoms with Crippen LogP contribution in [-0.2, 0) is 7.05 Å². The Hall–Kier alpha value is -2.03. The van der Waals surface area contributed by atoms with Gasteiger partial charge < -0.3 is 8.98 Å². The van der Waals surface area contributed by atoms with E-state index in [9.17, 15) is 4.79 Å². The fourth-order valence-electron chi connectivity index (χ4n) is 2.29. The maximum absolute atomic E-state index is 11.3. The summed E-state index contributed by atoms with van der Waals surface area (Å²) in [7, 11) is 2.04. The van der Waals surface area contributed by atoms with Crippen LogP contribution in [0.4, 0.5) is 0 Å². The van der Waals surface area contributed by atoms with Gasteiger partial charge in [0.25, 0.3) is 0 Å². The predicted molar refractivity (Wildman–Crippen MR) is 68.4 cm³/mol. The van der Waals surface area contributed by atoms with Crippen LogP contribution in [0.2, 0.25) is 0 Å². The van der Waals surface area contributed by atoms with E-state index >= 15 is 0 Å². The van der Waals surface area contributed by atoms with Crippen molar-refractivity contribution in [2.24, 2.45) is 7.05 Å². The first-order valence-corrected chi connectivity index (χ1v) is 5.57. The number of benzene rings is 1. The van der Waals surface area contributed by atoms with Gasteiger partial charge in [-0.1, -0.05) is 0 Å². The van der Waals surface area contributed by atoms with Crippen LogP contribution in [0, 0.1) is 13.8 Å². The van der Waals surface area contributed by atoms with Gasteiger partial charge in [0.1, 0.15) is 5.58 Å². The van der Waals surface area contributed by atoms with Gasteiger partial charge in [-0.25, -0.2) is 4.79 Å². The number of fused-ring (bicyclic) bond motifs is 2. The van der Waals surface area contributed by atoms with Crippen molar-refractivity contribution in [1.29, 1.82) is 0 Å². The minimum Gasteiger partial charge on any atom is -0.423 e. The highest BCUT2D eigenvalue weighted by molar-refractivity contribution is 5.96. The molecular formula is C14H13NO2. The summed E-state index contributed by atoms with van der Waals surface area (Å²) >= 11 is 0. The topological polar surface area (TPSA) is 35.1 Å². The van der Waals surface area contributed by atoms with E-state index in [0.717, 1.165) is 21.9 Å². The maximum Gasteiger partial charge on any atom is 0.336 e. The van der Waals surface area contributed by atoms with Crippen LogP contribution < -0.4 is 5.63 Å². The molecule has 2 heterocycles. The summed E-state index contributed by atoms with van der Waals surface area (Å²) in [5.74, 6) is 0. The van der Waals surface area contributed by atoms with Crippen LogP contribution in [0.15, 0.2) is 33.5 Å². The summed E-state index contributed by atoms with van der Waals surface area (Å²) in [6, 6.07) is 7.64. The molecule has 17 heavy (non-hydrogen) atoms. The van der Waals surface area contributed by atoms with E-state index in [0.29, 0.717) is 5.58 Å². The predicted octanol–water partition coefficient (Wildman–Crippen LogP) is 2.90. The van der Waals surface area contributed by atoms with E-state index in [1.54, 1.807) is 0 Å². The Bertz CT molecular complexity index is 793. The van der Waals surface area contributed by atoms with Crippen LogP contribution in [0.1, 0.15) is 11.3 Å². The molecule has 0 aliphatic rings. The first kappa shape index (κ1) is 10.1. The van der Waals surface area contributed by atoms with Crippen LogP contribution >= 0.6 is 0 Å². The highest BCUT2D eigenvalue weighted by Gasteiger charge is 2.07. The summed E-state index contributed by atoms with van der Waals surface area (Å²) in [5.41, 5.74) is 3.68. The molecule has 0 bridgehead atoms. The molecule has 3 aromatic rings. The molecule has 0 saturated carbocycles. The summed E-state index contributed by atoms with van der Waals surface area (Å²) in [6.45, 7) is 3.99. The van der Waals surface area contributed by atoms with Gasteiger partial charge in [0.2, 0.25) is 0 Å². The van der Waals surface area contributed by atoms with Crippen LogP contribution in [0.5, 0.6) is 0 Å². The largest absolute Gasteiger partial charge is 0.423 e. The molecule has 3 rings (SSSR count). The van der Waals surface area contributed by atoms with Gasteiger partial charge in [-0.3, -0.25) is 0 Å². The number of rotatable bonds is 0. The standard InChI is InChI=1S/C14H13NO2/c1-8-4-14(16)17-13-6-10-5-9(2)15(3)12(10)7-11(8)13/h4-7H,1-3H3. The third-order valence-corrected chi connectivity index (χ3v) is 3.35. The van der Waals surface area contributed by atoms with Gasteiger partial charge in [0, 0.05) is 35.1 Å². The van der Waals surface area contributed by atoms with Crippen molar-refractivity contribution in [1.82, 2.24) is 4.57 Å². The summed E-state index contributed by atoms with van der Waals surface area (Å²) in [5, 5.41) is 2.10. The van der Waals surface area contributed by atoms with Crippen molar-refractivity contribution >= 4 is 21.9 Å². The first-order valence-electron chi connectivity index (χ1n) is 5.57. The second-order valence-electron chi connectivity index (χ2n) is 4.50. The van der Waals surface area contributed by atoms with E-state index in [2.05, 4.69) is 23.6 Å². The second-order valence-corrected chi connectivity index (χ2v) is 4.50. The van der Waals surface area contributed by atoms with Crippen molar-refractivity contribution in [3.05, 3.63) is 45.9 Å². The molecule has 0 aliphatic heterocycles. The van der Waals surface area contributed by atoms with Gasteiger partial charge >= 0.3 is 5.63 Å². The molecule has 3 nitrogen and oxygen atoms in total. The summed E-state index contributed by atoms with van der Waals surface area (Å²) in [6.07, 6.45) is 0. The van der Waals surface area contributed by atoms with Crippen LogP contribution in [0.3, 0.4) is 0 Å². The summed E-state index contributed by atoms with van der Waals surface area (Å²) in [4.78, 5) is 11.3. The number of nitrogens with zero attached hydrogens (tertiary/aromatic N) is 1. The van der Waals surface area contributed by atoms with Gasteiger partial charge in [0.05, 0.1) is 0 Å². The molecule has 3 heteroatoms. The number of hydrogen-bond donors (Lipinski definition) is 0. The first-order chi connectivity index (χ1) is 8.06. The van der Waals surface area contributed by atoms with Gasteiger partial charge in [-0.05, 0) is 37.6 Å². The molecule has 2 aromatic heterocycles. The molecule has 0 atom stereocenters. The Morgan fingerprint density at radius 1 is 1.12 bits per heavy atom. The zero-order valence-electron chi connectivity index (χ0n) is 10.1. The highest BCUT2D eigenvalue weighted by atomic mass is 16.4. The van der Waals surface area contributed by atoms with Crippen molar-refractivity contribution in [3.63, 3.8) is 0 Å². The third kappa shape index (κ3) is 1.39. The van der Waals surface area contributed by atoms with Crippen molar-refractivity contribution in [2.45, 2.75) is 13.8 Å². The maximum atomic E-state index is 11.3. The SMILES string of the molecule is Cc1cc(=O)oc2cc3cc(C)n(C)c3cc12. The van der Waals surface area contributed by atoms with Gasteiger partial charge in [-0.2, -0.15) is 0 Å². The molecule has 0 aliphatic carbocycles. The Kier molecular flexibility index (Phi) is 1.93. The van der Waals surface area contributed by atoms with E-state index in [1.165, 1.54) is 11.8 Å². The normalized spacial score (nSPS) is 11.5. The second kappa shape index (κ2) is 3.23. The molecule has 0 radical (unpaired) electrons. The Labute approximate surface area is 98.3 Å². The summed E-state index contributed by atoms with van der Waals surface area (Å²) < 4.78 is 7.37. The molecule has 0 N–H and O–H groups in total. The molecular weight excluding hydrogens is 214 g/mol. The van der Waals surface area contributed by atoms with Crippen LogP contribution in [-0.4, -0.2) is 4.57 Å². The monoisotopic (exact) mass is 227 g/mol. The molecule has 0 saturated heterocycles. The lowest BCUT2D eigenvalue weighted by atomic mass is 10.1. The average Bonchev–Trinajstić information content (AvgIpc) is 2.52. The lowest BCUT2D eigenvalue weighted by Gasteiger charge is -2.03. The molecule has 86 valence electrons. The Balaban J connectivity index is 2.56. The zero-order chi connectivity index (χ0) is 12.2. The van der Waals surface area contributed by atoms with E-state index < -0.39 is 0 Å². The van der Waals surface area contributed by atoms with E-state index in [4.69, 9.17) is 4.42 Å². The van der Waals surface area contributed by atoms with Gasteiger partial charge in [-0.15, -0.1) is 0 Å². The molecule has 0 amide bonds. The van der Waals surface area contributed by atoms with E-state index in [-0.39, 0.29) is 5.63 Å². The van der Waals surface area contributed by atoms with Crippen LogP contribution in [0.25, 0.3) is 21.9 Å². The Morgan fingerprint density at radius 2 is 1.88 bits per heavy atom. The van der Waals surface area contributed by atoms with E-state index in [1.807, 2.05) is 20.0 Å². The number of hydrogen-bond acceptors (Lipinski definition) is 2. The highest BCUT2D eigenvalue weighted by Crippen LogP contribution is 2.25. The molecule has 0 unspecified atom stereocenters. The molecule has 0 fully saturated rings. The average molecular weight is 227 g/mol. The lowest BCUT2D eigenvalue weighted by molar-refractivity contribution is 0.560. The fourth-order valence-corrected chi connectivity index (χ4v) is 2.29. The van der Waals surface area contributed by atoms with Crippen molar-refractivity contribution in [2.75, 3.05) is 0 Å². The smallest absolute Gasteiger partial charge is 0.336 e. The number of aromatic nitrogens is 1. The lowest BCUT2D eigenvalue weighted by Crippen LogP contribution is -1.98. The third-order valence-electron chi connectivity index (χ3n) is 3.35. The minimum atomic E-state index is -0.290. The Morgan fingerprint density at radius 3 is 2.65 bits per heavy atom. The minimum absolute atomic E-state index is 0.290. The number of aryl methyl sites for hydroxylation is 3. The molecule has 1 aromatic carbocycles.